The van der Waals surface area contributed by atoms with E-state index in [1.807, 2.05) is 39.8 Å². The van der Waals surface area contributed by atoms with Crippen molar-refractivity contribution in [1.82, 2.24) is 10.5 Å². The largest absolute Gasteiger partial charge is 0.762 e. The minimum Gasteiger partial charge on any atom is -0.762 e. The maximum Gasteiger partial charge on any atom is 0.407 e. The van der Waals surface area contributed by atoms with Crippen LogP contribution in [0.1, 0.15) is 134 Å². The molecule has 7 fully saturated rings. The number of fused-ring (bicyclic) bond motifs is 4. The summed E-state index contributed by atoms with van der Waals surface area (Å²) < 4.78 is 82.1. The summed E-state index contributed by atoms with van der Waals surface area (Å²) in [5, 5.41) is 94.1. The molecular formula is C67H101N2O24-. The highest BCUT2D eigenvalue weighted by Crippen LogP contribution is 2.61. The summed E-state index contributed by atoms with van der Waals surface area (Å²) in [6, 6.07) is -1.03. The molecule has 93 heavy (non-hydrogen) atoms. The van der Waals surface area contributed by atoms with Gasteiger partial charge in [0.2, 0.25) is 5.78 Å². The maximum absolute atomic E-state index is 15.7. The molecule has 2 bridgehead atoms. The summed E-state index contributed by atoms with van der Waals surface area (Å²) in [6.07, 6.45) is -7.74. The van der Waals surface area contributed by atoms with Gasteiger partial charge in [0.1, 0.15) is 35.7 Å². The van der Waals surface area contributed by atoms with Crippen LogP contribution in [0.2, 0.25) is 0 Å². The molecule has 1 spiro atoms. The fourth-order valence-electron chi connectivity index (χ4n) is 17.3. The van der Waals surface area contributed by atoms with Gasteiger partial charge in [-0.05, 0) is 103 Å². The van der Waals surface area contributed by atoms with Gasteiger partial charge < -0.3 is 108 Å². The summed E-state index contributed by atoms with van der Waals surface area (Å²) >= 11 is 0. The van der Waals surface area contributed by atoms with Crippen LogP contribution in [0, 0.1) is 52.0 Å². The number of hydrogen-bond acceptors (Lipinski definition) is 25. The molecule has 524 valence electrons. The van der Waals surface area contributed by atoms with Crippen LogP contribution in [0.25, 0.3) is 0 Å². The van der Waals surface area contributed by atoms with Gasteiger partial charge in [-0.2, -0.15) is 0 Å². The number of hydrogen-bond donors (Lipinski definition) is 8. The van der Waals surface area contributed by atoms with Crippen LogP contribution in [0.4, 0.5) is 4.79 Å². The Morgan fingerprint density at radius 3 is 1.92 bits per heavy atom. The van der Waals surface area contributed by atoms with Crippen molar-refractivity contribution >= 4 is 17.8 Å². The number of amides is 1. The van der Waals surface area contributed by atoms with Crippen molar-refractivity contribution in [3.8, 4) is 0 Å². The molecule has 6 saturated heterocycles. The number of nitrogens with one attached hydrogen (secondary N) is 1. The zero-order valence-electron chi connectivity index (χ0n) is 55.9. The van der Waals surface area contributed by atoms with Crippen molar-refractivity contribution in [2.75, 3.05) is 20.8 Å². The summed E-state index contributed by atoms with van der Waals surface area (Å²) in [7, 11) is 2.68. The van der Waals surface area contributed by atoms with Crippen LogP contribution < -0.4 is 5.32 Å². The van der Waals surface area contributed by atoms with Crippen LogP contribution in [0.5, 0.6) is 0 Å². The van der Waals surface area contributed by atoms with E-state index in [4.69, 9.17) is 61.6 Å². The average molecular weight is 1320 g/mol. The normalized spacial score (nSPS) is 48.1. The number of nitrogens with zero attached hydrogens (tertiary/aromatic N) is 1. The second-order valence-corrected chi connectivity index (χ2v) is 28.6. The lowest BCUT2D eigenvalue weighted by Crippen LogP contribution is -2.67. The third-order valence-electron chi connectivity index (χ3n) is 22.3. The molecule has 6 aliphatic heterocycles. The van der Waals surface area contributed by atoms with Gasteiger partial charge in [-0.3, -0.25) is 10.0 Å². The molecule has 1 saturated carbocycles. The van der Waals surface area contributed by atoms with Gasteiger partial charge in [0.25, 0.3) is 0 Å². The first-order chi connectivity index (χ1) is 43.9. The number of methoxy groups -OCH3 is 2. The van der Waals surface area contributed by atoms with E-state index in [-0.39, 0.29) is 68.6 Å². The Labute approximate surface area is 544 Å². The molecule has 26 heteroatoms. The predicted molar refractivity (Wildman–Crippen MR) is 327 cm³/mol. The first-order valence-electron chi connectivity index (χ1n) is 33.2. The molecular weight excluding hydrogens is 1220 g/mol. The highest BCUT2D eigenvalue weighted by molar-refractivity contribution is 6.26. The monoisotopic (exact) mass is 1320 g/mol. The van der Waals surface area contributed by atoms with Crippen molar-refractivity contribution in [2.24, 2.45) is 46.8 Å². The van der Waals surface area contributed by atoms with E-state index in [0.717, 1.165) is 5.57 Å². The Bertz CT molecular complexity index is 2830. The molecule has 6 heterocycles. The smallest absolute Gasteiger partial charge is 0.407 e. The predicted octanol–water partition coefficient (Wildman–Crippen LogP) is 5.37. The molecule has 0 aromatic rings. The minimum absolute atomic E-state index is 0.00305. The average Bonchev–Trinajstić information content (AvgIpc) is 1.70. The van der Waals surface area contributed by atoms with Crippen LogP contribution in [-0.2, 0) is 71.2 Å². The van der Waals surface area contributed by atoms with E-state index in [1.54, 1.807) is 46.8 Å². The third kappa shape index (κ3) is 13.9. The van der Waals surface area contributed by atoms with Gasteiger partial charge in [-0.25, -0.2) is 9.59 Å². The van der Waals surface area contributed by atoms with Crippen molar-refractivity contribution in [2.45, 2.75) is 275 Å². The Hall–Kier alpha value is -3.85. The number of esters is 1. The van der Waals surface area contributed by atoms with Crippen LogP contribution in [0.15, 0.2) is 58.4 Å². The Morgan fingerprint density at radius 1 is 0.688 bits per heavy atom. The lowest BCUT2D eigenvalue weighted by Gasteiger charge is -2.56. The van der Waals surface area contributed by atoms with Crippen LogP contribution in [-0.4, -0.2) is 220 Å². The highest BCUT2D eigenvalue weighted by atomic mass is 16.8. The topological polar surface area (TPSA) is 351 Å². The summed E-state index contributed by atoms with van der Waals surface area (Å²) in [4.78, 5) is 43.0. The molecule has 0 radical (unpaired) electrons. The molecule has 0 aromatic heterocycles. The fourth-order valence-corrected chi connectivity index (χ4v) is 17.3. The van der Waals surface area contributed by atoms with Crippen molar-refractivity contribution < 1.29 is 112 Å². The molecule has 31 atom stereocenters. The Balaban J connectivity index is 0.942. The van der Waals surface area contributed by atoms with Crippen molar-refractivity contribution in [1.29, 1.82) is 0 Å². The van der Waals surface area contributed by atoms with E-state index < -0.39 is 204 Å². The molecule has 0 aromatic carbocycles. The van der Waals surface area contributed by atoms with E-state index in [9.17, 15) is 50.6 Å². The molecule has 4 aliphatic carbocycles. The van der Waals surface area contributed by atoms with Crippen LogP contribution >= 0.6 is 0 Å². The second kappa shape index (κ2) is 28.5. The second-order valence-electron chi connectivity index (χ2n) is 28.6. The molecule has 1 amide bonds. The Kier molecular flexibility index (Phi) is 22.1. The molecule has 10 aliphatic rings. The van der Waals surface area contributed by atoms with Gasteiger partial charge in [0.15, 0.2) is 37.1 Å². The number of aliphatic hydroxyl groups is 6. The summed E-state index contributed by atoms with van der Waals surface area (Å²) in [6.45, 7) is 21.4. The van der Waals surface area contributed by atoms with E-state index in [1.165, 1.54) is 21.1 Å². The molecule has 31 unspecified atom stereocenters. The van der Waals surface area contributed by atoms with Gasteiger partial charge in [-0.15, -0.1) is 0 Å². The summed E-state index contributed by atoms with van der Waals surface area (Å²) in [5.41, 5.74) is -3.33. The zero-order chi connectivity index (χ0) is 67.7. The minimum atomic E-state index is -1.84. The molecule has 26 nitrogen and oxygen atoms in total. The number of carbonyl (C=O) groups is 3. The lowest BCUT2D eigenvalue weighted by molar-refractivity contribution is -0.353. The maximum atomic E-state index is 15.7. The number of hydroxylamine groups is 2. The van der Waals surface area contributed by atoms with Crippen molar-refractivity contribution in [3.63, 3.8) is 0 Å². The number of alkyl carbamates (subject to hydrolysis) is 1. The van der Waals surface area contributed by atoms with E-state index >= 15 is 4.79 Å². The number of ketones is 1. The fraction of sp³-hybridized carbons (Fsp3) is 0.806. The summed E-state index contributed by atoms with van der Waals surface area (Å²) in [5.74, 6) is -5.27. The van der Waals surface area contributed by atoms with Gasteiger partial charge in [-0.1, -0.05) is 63.6 Å². The highest BCUT2D eigenvalue weighted by Gasteiger charge is 2.64. The quantitative estimate of drug-likeness (QED) is 0.0469. The van der Waals surface area contributed by atoms with Gasteiger partial charge in [0, 0.05) is 68.8 Å². The first kappa shape index (κ1) is 71.9. The van der Waals surface area contributed by atoms with E-state index in [2.05, 4.69) is 25.2 Å². The number of ether oxygens (including phenoxy) is 13. The standard InChI is InChI=1S/C67H101N2O24/c1-29-15-18-45(88-52-27-65(11,69(79)80)60(38(10)87-52)68-64(78)82-14)30(2)20-40-21-39(28-70)33(5)26-67(40)62(76)53(63(77)93-67)61(75)66(12)42(29)17-16-41-54(66)31(3)19-32(4)57(41)91-51-24-46(56(74)35(7)84-51)89-50-25-47(90-48-22-43(71)55(73)34(6)83-48)59(37(9)86-50)92-49-23-44(72)58(81-13)36(8)85-49/h15-17,20-21,31-38,40-52,54-60,70-75,79H,18-19,22-28H2,1-14H3,(H,68,78)/q-1. The lowest BCUT2D eigenvalue weighted by atomic mass is 9.49. The van der Waals surface area contributed by atoms with Crippen molar-refractivity contribution in [3.05, 3.63) is 63.6 Å². The zero-order valence-corrected chi connectivity index (χ0v) is 55.9. The number of aliphatic hydroxyl groups excluding tert-OH is 6. The van der Waals surface area contributed by atoms with Crippen LogP contribution in [0.3, 0.4) is 0 Å². The SMILES string of the molecule is COC(=O)NC1C(C)OC(OC2CC=C(C)C3C=CC4C(OC5CC(OC6CC(OC7CC(O)C(O)C(C)O7)C(OC7CC(O)C(OC)C(C)O7)C(C)O6)C(O)C(C)O5)C(C)CC(C)C4C3(C)C(O)=C3C(=O)OC4(CC(C)C(CO)=CC4C=C2C)C3=O)CC1(C)N([O-])O. The number of Topliss-reactive ketones (excluding diaryl/α,β-unsaturated/α-hetero) is 1. The number of allylic oxidation sites excluding steroid dienone is 3. The Morgan fingerprint density at radius 2 is 1.28 bits per heavy atom. The molecule has 10 rings (SSSR count). The van der Waals surface area contributed by atoms with Gasteiger partial charge in [0.05, 0.1) is 92.4 Å². The number of carbonyl (C=O) groups excluding carboxylic acids is 3. The van der Waals surface area contributed by atoms with E-state index in [0.29, 0.717) is 17.6 Å². The first-order valence-corrected chi connectivity index (χ1v) is 33.2. The third-order valence-corrected chi connectivity index (χ3v) is 22.3. The van der Waals surface area contributed by atoms with Gasteiger partial charge >= 0.3 is 12.1 Å². The number of rotatable bonds is 14. The molecule has 8 N–H and O–H groups in total.